The summed E-state index contributed by atoms with van der Waals surface area (Å²) in [6.45, 7) is 0. The maximum Gasteiger partial charge on any atom is 0.259 e. The van der Waals surface area contributed by atoms with Crippen LogP contribution >= 0.6 is 15.9 Å². The first-order valence-corrected chi connectivity index (χ1v) is 7.08. The number of nitrogens with one attached hydrogen (secondary N) is 1. The van der Waals surface area contributed by atoms with Crippen molar-refractivity contribution in [2.24, 2.45) is 0 Å². The quantitative estimate of drug-likeness (QED) is 0.741. The van der Waals surface area contributed by atoms with Gasteiger partial charge in [-0.25, -0.2) is 0 Å². The lowest BCUT2D eigenvalue weighted by atomic mass is 10.1. The summed E-state index contributed by atoms with van der Waals surface area (Å²) in [7, 11) is 0. The van der Waals surface area contributed by atoms with Gasteiger partial charge in [0.1, 0.15) is 5.75 Å². The third-order valence-corrected chi connectivity index (χ3v) is 3.51. The standard InChI is InChI=1S/C16H11BrN2O2/c17-11-8-10-4-3-6-13(15(10)18-9-11)19-16(21)12-5-1-2-7-14(12)20/h1-9,20H,(H,19,21). The molecule has 0 fully saturated rings. The molecule has 1 amide bonds. The van der Waals surface area contributed by atoms with Crippen molar-refractivity contribution in [1.29, 1.82) is 0 Å². The van der Waals surface area contributed by atoms with E-state index in [9.17, 15) is 9.90 Å². The van der Waals surface area contributed by atoms with Gasteiger partial charge in [0.2, 0.25) is 0 Å². The Hall–Kier alpha value is -2.40. The predicted octanol–water partition coefficient (Wildman–Crippen LogP) is 3.96. The summed E-state index contributed by atoms with van der Waals surface area (Å²) in [5.41, 5.74) is 1.53. The molecule has 3 aromatic rings. The van der Waals surface area contributed by atoms with E-state index in [1.165, 1.54) is 6.07 Å². The van der Waals surface area contributed by atoms with E-state index in [-0.39, 0.29) is 17.2 Å². The van der Waals surface area contributed by atoms with Gasteiger partial charge in [-0.05, 0) is 40.2 Å². The largest absolute Gasteiger partial charge is 0.507 e. The first kappa shape index (κ1) is 13.6. The number of amides is 1. The number of aromatic nitrogens is 1. The maximum atomic E-state index is 12.2. The number of pyridine rings is 1. The van der Waals surface area contributed by atoms with Crippen molar-refractivity contribution in [3.8, 4) is 5.75 Å². The van der Waals surface area contributed by atoms with Gasteiger partial charge >= 0.3 is 0 Å². The molecule has 21 heavy (non-hydrogen) atoms. The Morgan fingerprint density at radius 2 is 1.95 bits per heavy atom. The van der Waals surface area contributed by atoms with Crippen LogP contribution in [0.15, 0.2) is 59.2 Å². The molecule has 0 saturated carbocycles. The van der Waals surface area contributed by atoms with Crippen molar-refractivity contribution in [3.05, 3.63) is 64.8 Å². The van der Waals surface area contributed by atoms with Crippen LogP contribution in [0, 0.1) is 0 Å². The van der Waals surface area contributed by atoms with Gasteiger partial charge in [-0.1, -0.05) is 24.3 Å². The molecule has 0 radical (unpaired) electrons. The second-order valence-corrected chi connectivity index (χ2v) is 5.42. The van der Waals surface area contributed by atoms with E-state index in [1.807, 2.05) is 18.2 Å². The van der Waals surface area contributed by atoms with E-state index < -0.39 is 0 Å². The van der Waals surface area contributed by atoms with Crippen molar-refractivity contribution in [2.45, 2.75) is 0 Å². The van der Waals surface area contributed by atoms with E-state index >= 15 is 0 Å². The molecular weight excluding hydrogens is 332 g/mol. The fourth-order valence-electron chi connectivity index (χ4n) is 2.09. The summed E-state index contributed by atoms with van der Waals surface area (Å²) in [6, 6.07) is 13.9. The fourth-order valence-corrected chi connectivity index (χ4v) is 2.44. The summed E-state index contributed by atoms with van der Waals surface area (Å²) in [6.07, 6.45) is 1.68. The van der Waals surface area contributed by atoms with Gasteiger partial charge in [0, 0.05) is 16.1 Å². The number of phenolic OH excluding ortho intramolecular Hbond substituents is 1. The van der Waals surface area contributed by atoms with E-state index in [1.54, 1.807) is 30.5 Å². The normalized spacial score (nSPS) is 10.5. The number of halogens is 1. The molecule has 1 heterocycles. The van der Waals surface area contributed by atoms with Crippen LogP contribution in [0.4, 0.5) is 5.69 Å². The summed E-state index contributed by atoms with van der Waals surface area (Å²) < 4.78 is 0.874. The van der Waals surface area contributed by atoms with Gasteiger partial charge in [-0.3, -0.25) is 9.78 Å². The van der Waals surface area contributed by atoms with Gasteiger partial charge in [0.25, 0.3) is 5.91 Å². The van der Waals surface area contributed by atoms with E-state index in [4.69, 9.17) is 0 Å². The Labute approximate surface area is 129 Å². The Morgan fingerprint density at radius 1 is 1.14 bits per heavy atom. The van der Waals surface area contributed by atoms with Crippen molar-refractivity contribution in [2.75, 3.05) is 5.32 Å². The SMILES string of the molecule is O=C(Nc1cccc2cc(Br)cnc12)c1ccccc1O. The molecule has 0 bridgehead atoms. The zero-order chi connectivity index (χ0) is 14.8. The number of benzene rings is 2. The minimum Gasteiger partial charge on any atom is -0.507 e. The lowest BCUT2D eigenvalue weighted by Gasteiger charge is -2.09. The van der Waals surface area contributed by atoms with Crippen LogP contribution in [-0.2, 0) is 0 Å². The van der Waals surface area contributed by atoms with Gasteiger partial charge in [0.15, 0.2) is 0 Å². The number of rotatable bonds is 2. The fraction of sp³-hybridized carbons (Fsp3) is 0. The van der Waals surface area contributed by atoms with Crippen molar-refractivity contribution >= 4 is 38.4 Å². The molecule has 0 saturated heterocycles. The number of para-hydroxylation sites is 2. The number of carbonyl (C=O) groups excluding carboxylic acids is 1. The highest BCUT2D eigenvalue weighted by atomic mass is 79.9. The van der Waals surface area contributed by atoms with Crippen molar-refractivity contribution < 1.29 is 9.90 Å². The summed E-state index contributed by atoms with van der Waals surface area (Å²) in [5.74, 6) is -0.420. The van der Waals surface area contributed by atoms with E-state index in [2.05, 4.69) is 26.2 Å². The van der Waals surface area contributed by atoms with Gasteiger partial charge in [-0.15, -0.1) is 0 Å². The van der Waals surface area contributed by atoms with Gasteiger partial charge in [0.05, 0.1) is 16.8 Å². The van der Waals surface area contributed by atoms with E-state index in [0.717, 1.165) is 9.86 Å². The first-order valence-electron chi connectivity index (χ1n) is 6.29. The summed E-state index contributed by atoms with van der Waals surface area (Å²) in [5, 5.41) is 13.4. The molecule has 0 atom stereocenters. The van der Waals surface area contributed by atoms with Crippen LogP contribution in [0.3, 0.4) is 0 Å². The minimum absolute atomic E-state index is 0.0501. The molecule has 5 heteroatoms. The predicted molar refractivity (Wildman–Crippen MR) is 85.5 cm³/mol. The molecule has 0 unspecified atom stereocenters. The topological polar surface area (TPSA) is 62.2 Å². The van der Waals surface area contributed by atoms with Crippen molar-refractivity contribution in [1.82, 2.24) is 4.98 Å². The molecule has 0 aliphatic carbocycles. The molecule has 3 rings (SSSR count). The number of fused-ring (bicyclic) bond motifs is 1. The van der Waals surface area contributed by atoms with Crippen LogP contribution < -0.4 is 5.32 Å². The Kier molecular flexibility index (Phi) is 3.58. The lowest BCUT2D eigenvalue weighted by Crippen LogP contribution is -2.12. The molecule has 4 nitrogen and oxygen atoms in total. The zero-order valence-corrected chi connectivity index (χ0v) is 12.5. The van der Waals surface area contributed by atoms with Crippen molar-refractivity contribution in [3.63, 3.8) is 0 Å². The van der Waals surface area contributed by atoms with E-state index in [0.29, 0.717) is 11.2 Å². The monoisotopic (exact) mass is 342 g/mol. The number of anilines is 1. The van der Waals surface area contributed by atoms with Crippen LogP contribution in [-0.4, -0.2) is 16.0 Å². The summed E-state index contributed by atoms with van der Waals surface area (Å²) in [4.78, 5) is 16.6. The molecule has 1 aromatic heterocycles. The number of phenols is 1. The van der Waals surface area contributed by atoms with Crippen LogP contribution in [0.25, 0.3) is 10.9 Å². The van der Waals surface area contributed by atoms with Crippen LogP contribution in [0.1, 0.15) is 10.4 Å². The minimum atomic E-state index is -0.370. The maximum absolute atomic E-state index is 12.2. The third kappa shape index (κ3) is 2.73. The molecule has 0 aliphatic rings. The molecule has 2 aromatic carbocycles. The Morgan fingerprint density at radius 3 is 2.76 bits per heavy atom. The second kappa shape index (κ2) is 5.54. The number of hydrogen-bond acceptors (Lipinski definition) is 3. The van der Waals surface area contributed by atoms with Gasteiger partial charge in [-0.2, -0.15) is 0 Å². The highest BCUT2D eigenvalue weighted by Crippen LogP contribution is 2.25. The average Bonchev–Trinajstić information content (AvgIpc) is 2.47. The molecule has 104 valence electrons. The highest BCUT2D eigenvalue weighted by Gasteiger charge is 2.12. The summed E-state index contributed by atoms with van der Waals surface area (Å²) >= 11 is 3.37. The number of hydrogen-bond donors (Lipinski definition) is 2. The van der Waals surface area contributed by atoms with Crippen LogP contribution in [0.2, 0.25) is 0 Å². The average molecular weight is 343 g/mol. The number of aromatic hydroxyl groups is 1. The smallest absolute Gasteiger partial charge is 0.259 e. The zero-order valence-electron chi connectivity index (χ0n) is 10.9. The third-order valence-electron chi connectivity index (χ3n) is 3.07. The highest BCUT2D eigenvalue weighted by molar-refractivity contribution is 9.10. The Bertz CT molecular complexity index is 833. The van der Waals surface area contributed by atoms with Gasteiger partial charge < -0.3 is 10.4 Å². The second-order valence-electron chi connectivity index (χ2n) is 4.50. The van der Waals surface area contributed by atoms with Crippen LogP contribution in [0.5, 0.6) is 5.75 Å². The molecule has 0 spiro atoms. The number of carbonyl (C=O) groups is 1. The number of nitrogens with zero attached hydrogens (tertiary/aromatic N) is 1. The first-order chi connectivity index (χ1) is 10.1. The molecule has 0 aliphatic heterocycles. The lowest BCUT2D eigenvalue weighted by molar-refractivity contribution is 0.102. The molecule has 2 N–H and O–H groups in total. The Balaban J connectivity index is 1.99. The molecular formula is C16H11BrN2O2.